The summed E-state index contributed by atoms with van der Waals surface area (Å²) in [5.41, 5.74) is 12.5. The van der Waals surface area contributed by atoms with Gasteiger partial charge in [-0.15, -0.1) is 0 Å². The van der Waals surface area contributed by atoms with E-state index < -0.39 is 0 Å². The van der Waals surface area contributed by atoms with E-state index in [1.165, 1.54) is 21.8 Å². The van der Waals surface area contributed by atoms with Crippen LogP contribution in [0.4, 0.5) is 0 Å². The second kappa shape index (κ2) is 11.8. The predicted octanol–water partition coefficient (Wildman–Crippen LogP) is 12.4. The van der Waals surface area contributed by atoms with Crippen molar-refractivity contribution in [2.75, 3.05) is 0 Å². The molecule has 0 atom stereocenters. The number of benzene rings is 8. The monoisotopic (exact) mass is 699 g/mol. The fourth-order valence-corrected chi connectivity index (χ4v) is 8.87. The van der Waals surface area contributed by atoms with E-state index in [4.69, 9.17) is 0 Å². The largest absolute Gasteiger partial charge is 0.309 e. The van der Waals surface area contributed by atoms with Crippen LogP contribution in [0.15, 0.2) is 176 Å². The Balaban J connectivity index is 1.15. The van der Waals surface area contributed by atoms with E-state index >= 15 is 0 Å². The van der Waals surface area contributed by atoms with E-state index in [-0.39, 0.29) is 0 Å². The molecule has 0 N–H and O–H groups in total. The van der Waals surface area contributed by atoms with Gasteiger partial charge in [0.1, 0.15) is 0 Å². The molecule has 0 aliphatic heterocycles. The molecular formula is C50H29N5. The number of hydrogen-bond donors (Lipinski definition) is 0. The van der Waals surface area contributed by atoms with Crippen LogP contribution in [0.3, 0.4) is 0 Å². The lowest BCUT2D eigenvalue weighted by molar-refractivity contribution is 1.16. The minimum absolute atomic E-state index is 0.594. The molecule has 0 unspecified atom stereocenters. The highest BCUT2D eigenvalue weighted by Crippen LogP contribution is 2.41. The van der Waals surface area contributed by atoms with Crippen molar-refractivity contribution >= 4 is 65.4 Å². The summed E-state index contributed by atoms with van der Waals surface area (Å²) in [6, 6.07) is 65.9. The fourth-order valence-electron chi connectivity index (χ4n) is 8.87. The van der Waals surface area contributed by atoms with Crippen LogP contribution < -0.4 is 0 Å². The van der Waals surface area contributed by atoms with Gasteiger partial charge in [0.25, 0.3) is 0 Å². The summed E-state index contributed by atoms with van der Waals surface area (Å²) in [7, 11) is 0. The van der Waals surface area contributed by atoms with Gasteiger partial charge in [-0.2, -0.15) is 10.5 Å². The first-order valence-electron chi connectivity index (χ1n) is 18.3. The number of hydrogen-bond acceptors (Lipinski definition) is 2. The van der Waals surface area contributed by atoms with E-state index in [1.54, 1.807) is 0 Å². The van der Waals surface area contributed by atoms with Gasteiger partial charge in [0, 0.05) is 49.3 Å². The number of aromatic nitrogens is 3. The van der Waals surface area contributed by atoms with E-state index in [2.05, 4.69) is 165 Å². The average molecular weight is 700 g/mol. The van der Waals surface area contributed by atoms with Crippen molar-refractivity contribution < 1.29 is 0 Å². The summed E-state index contributed by atoms with van der Waals surface area (Å²) in [5.74, 6) is 0. The van der Waals surface area contributed by atoms with Gasteiger partial charge in [-0.25, -0.2) is 0 Å². The number of para-hydroxylation sites is 4. The Morgan fingerprint density at radius 1 is 0.345 bits per heavy atom. The molecular weight excluding hydrogens is 671 g/mol. The quantitative estimate of drug-likeness (QED) is 0.184. The first-order chi connectivity index (χ1) is 27.2. The van der Waals surface area contributed by atoms with E-state index in [9.17, 15) is 10.5 Å². The zero-order chi connectivity index (χ0) is 36.6. The predicted molar refractivity (Wildman–Crippen MR) is 224 cm³/mol. The zero-order valence-corrected chi connectivity index (χ0v) is 29.5. The lowest BCUT2D eigenvalue weighted by Crippen LogP contribution is -2.01. The maximum Gasteiger partial charge on any atom is 0.0998 e. The lowest BCUT2D eigenvalue weighted by Gasteiger charge is -2.17. The van der Waals surface area contributed by atoms with Crippen molar-refractivity contribution in [2.45, 2.75) is 0 Å². The highest BCUT2D eigenvalue weighted by Gasteiger charge is 2.21. The molecule has 0 aliphatic rings. The highest BCUT2D eigenvalue weighted by atomic mass is 15.0. The summed E-state index contributed by atoms with van der Waals surface area (Å²) < 4.78 is 6.89. The van der Waals surface area contributed by atoms with E-state index in [1.807, 2.05) is 36.4 Å². The molecule has 0 fully saturated rings. The van der Waals surface area contributed by atoms with E-state index in [0.717, 1.165) is 71.8 Å². The molecule has 55 heavy (non-hydrogen) atoms. The van der Waals surface area contributed by atoms with Crippen LogP contribution in [-0.2, 0) is 0 Å². The average Bonchev–Trinajstić information content (AvgIpc) is 3.89. The van der Waals surface area contributed by atoms with Crippen LogP contribution in [0.2, 0.25) is 0 Å². The Morgan fingerprint density at radius 3 is 1.53 bits per heavy atom. The Labute approximate surface area is 316 Å². The molecule has 5 nitrogen and oxygen atoms in total. The third-order valence-corrected chi connectivity index (χ3v) is 11.1. The Kier molecular flexibility index (Phi) is 6.61. The molecule has 0 bridgehead atoms. The minimum Gasteiger partial charge on any atom is -0.309 e. The number of nitriles is 2. The summed E-state index contributed by atoms with van der Waals surface area (Å²) >= 11 is 0. The summed E-state index contributed by atoms with van der Waals surface area (Å²) in [6.45, 7) is 0. The topological polar surface area (TPSA) is 62.4 Å². The van der Waals surface area contributed by atoms with Gasteiger partial charge >= 0.3 is 0 Å². The molecule has 0 spiro atoms. The van der Waals surface area contributed by atoms with Crippen molar-refractivity contribution in [3.63, 3.8) is 0 Å². The number of fused-ring (bicyclic) bond motifs is 9. The Bertz CT molecular complexity index is 3420. The maximum absolute atomic E-state index is 10.6. The van der Waals surface area contributed by atoms with Crippen molar-refractivity contribution in [1.82, 2.24) is 13.7 Å². The third-order valence-electron chi connectivity index (χ3n) is 11.1. The molecule has 0 radical (unpaired) electrons. The molecule has 5 heteroatoms. The summed E-state index contributed by atoms with van der Waals surface area (Å²) in [4.78, 5) is 0. The molecule has 0 aliphatic carbocycles. The Morgan fingerprint density at radius 2 is 0.836 bits per heavy atom. The van der Waals surface area contributed by atoms with E-state index in [0.29, 0.717) is 11.1 Å². The number of nitrogens with zero attached hydrogens (tertiary/aromatic N) is 5. The van der Waals surface area contributed by atoms with Gasteiger partial charge in [0.2, 0.25) is 0 Å². The molecule has 3 heterocycles. The summed E-state index contributed by atoms with van der Waals surface area (Å²) in [6.07, 6.45) is 0. The molecule has 11 rings (SSSR count). The standard InChI is InChI=1S/C50H29N5/c51-30-33-13-10-24-47(49(33)32-12-9-15-35(28-32)54-45-23-8-4-19-40(45)50-34(31-52)14-11-25-48(50)54)55-44-22-7-3-18-39(44)41-29-36(26-27-46(41)55)53-42-20-5-1-16-37(42)38-17-2-6-21-43(38)53/h1-29H. The highest BCUT2D eigenvalue weighted by molar-refractivity contribution is 6.14. The van der Waals surface area contributed by atoms with Crippen molar-refractivity contribution in [1.29, 1.82) is 10.5 Å². The van der Waals surface area contributed by atoms with Gasteiger partial charge in [-0.3, -0.25) is 0 Å². The molecule has 3 aromatic heterocycles. The molecule has 254 valence electrons. The Hall–Kier alpha value is -7.86. The van der Waals surface area contributed by atoms with Crippen LogP contribution in [0.1, 0.15) is 11.1 Å². The molecule has 0 amide bonds. The SMILES string of the molecule is N#Cc1cccc(-n2c3ccccc3c3cc(-n4c5ccccc5c5ccccc54)ccc32)c1-c1cccc(-n2c3ccccc3c3c(C#N)cccc32)c1. The maximum atomic E-state index is 10.6. The second-order valence-electron chi connectivity index (χ2n) is 13.9. The van der Waals surface area contributed by atoms with Gasteiger partial charge in [0.15, 0.2) is 0 Å². The first kappa shape index (κ1) is 30.7. The van der Waals surface area contributed by atoms with Crippen molar-refractivity contribution in [3.8, 4) is 40.3 Å². The molecule has 0 saturated carbocycles. The second-order valence-corrected chi connectivity index (χ2v) is 13.9. The summed E-state index contributed by atoms with van der Waals surface area (Å²) in [5, 5.41) is 27.4. The van der Waals surface area contributed by atoms with Gasteiger partial charge in [0.05, 0.1) is 62.1 Å². The third kappa shape index (κ3) is 4.39. The van der Waals surface area contributed by atoms with Crippen molar-refractivity contribution in [2.24, 2.45) is 0 Å². The van der Waals surface area contributed by atoms with Crippen LogP contribution in [0.5, 0.6) is 0 Å². The van der Waals surface area contributed by atoms with Crippen molar-refractivity contribution in [3.05, 3.63) is 187 Å². The van der Waals surface area contributed by atoms with Crippen LogP contribution in [0.25, 0.3) is 93.6 Å². The normalized spacial score (nSPS) is 11.6. The smallest absolute Gasteiger partial charge is 0.0998 e. The first-order valence-corrected chi connectivity index (χ1v) is 18.3. The lowest BCUT2D eigenvalue weighted by atomic mass is 9.97. The van der Waals surface area contributed by atoms with Crippen LogP contribution in [-0.4, -0.2) is 13.7 Å². The van der Waals surface area contributed by atoms with Crippen LogP contribution >= 0.6 is 0 Å². The van der Waals surface area contributed by atoms with Crippen LogP contribution in [0, 0.1) is 22.7 Å². The minimum atomic E-state index is 0.594. The molecule has 11 aromatic rings. The zero-order valence-electron chi connectivity index (χ0n) is 29.5. The van der Waals surface area contributed by atoms with Gasteiger partial charge < -0.3 is 13.7 Å². The number of rotatable bonds is 4. The van der Waals surface area contributed by atoms with Gasteiger partial charge in [-0.05, 0) is 84.4 Å². The van der Waals surface area contributed by atoms with Gasteiger partial charge in [-0.1, -0.05) is 97.1 Å². The molecule has 0 saturated heterocycles. The fraction of sp³-hybridized carbons (Fsp3) is 0. The molecule has 8 aromatic carbocycles.